The Balaban J connectivity index is 1.17. The van der Waals surface area contributed by atoms with Crippen molar-refractivity contribution in [1.29, 1.82) is 0 Å². The quantitative estimate of drug-likeness (QED) is 0.214. The Morgan fingerprint density at radius 3 is 2.45 bits per heavy atom. The minimum absolute atomic E-state index is 0.210. The zero-order valence-electron chi connectivity index (χ0n) is 21.5. The summed E-state index contributed by atoms with van der Waals surface area (Å²) in [5, 5.41) is 16.9. The Hall–Kier alpha value is -3.23. The number of β-amino-alcohol motifs (C(OH)–C–C–N with tert-alkyl or cyclic N) is 1. The molecule has 1 aromatic heterocycles. The maximum absolute atomic E-state index is 11.9. The van der Waals surface area contributed by atoms with Gasteiger partial charge >= 0.3 is 5.97 Å². The highest BCUT2D eigenvalue weighted by atomic mass is 35.5. The van der Waals surface area contributed by atoms with Crippen molar-refractivity contribution in [2.75, 3.05) is 25.1 Å². The molecule has 1 N–H and O–H groups in total. The van der Waals surface area contributed by atoms with Crippen LogP contribution < -0.4 is 9.64 Å². The molecule has 0 amide bonds. The Kier molecular flexibility index (Phi) is 7.17. The molecule has 0 bridgehead atoms. The first-order valence-corrected chi connectivity index (χ1v) is 13.9. The summed E-state index contributed by atoms with van der Waals surface area (Å²) in [5.41, 5.74) is 2.73. The van der Waals surface area contributed by atoms with Gasteiger partial charge in [-0.2, -0.15) is 0 Å². The van der Waals surface area contributed by atoms with Crippen molar-refractivity contribution in [2.24, 2.45) is 0 Å². The van der Waals surface area contributed by atoms with E-state index in [0.717, 1.165) is 29.9 Å². The summed E-state index contributed by atoms with van der Waals surface area (Å²) in [5.74, 6) is 1.24. The summed E-state index contributed by atoms with van der Waals surface area (Å²) in [6.07, 6.45) is 2.07. The van der Waals surface area contributed by atoms with Crippen molar-refractivity contribution < 1.29 is 23.9 Å². The number of esters is 1. The average Bonchev–Trinajstić information content (AvgIpc) is 3.70. The van der Waals surface area contributed by atoms with Crippen LogP contribution in [0, 0.1) is 0 Å². The van der Waals surface area contributed by atoms with Gasteiger partial charge in [0.2, 0.25) is 0 Å². The maximum Gasteiger partial charge on any atom is 0.337 e. The number of hydrogen-bond acceptors (Lipinski definition) is 7. The number of anilines is 1. The lowest BCUT2D eigenvalue weighted by molar-refractivity contribution is 0.00747. The first-order valence-electron chi connectivity index (χ1n) is 12.8. The second-order valence-corrected chi connectivity index (χ2v) is 11.3. The molecule has 7 nitrogen and oxygen atoms in total. The number of aromatic nitrogens is 1. The molecule has 10 heteroatoms. The van der Waals surface area contributed by atoms with Crippen molar-refractivity contribution in [3.05, 3.63) is 98.2 Å². The van der Waals surface area contributed by atoms with E-state index in [4.69, 9.17) is 48.8 Å². The molecule has 1 aliphatic heterocycles. The van der Waals surface area contributed by atoms with Crippen LogP contribution >= 0.6 is 34.8 Å². The standard InChI is InChI=1S/C30H25Cl3N2O5/c1-38-29(36)18-4-2-5-19(12-18)30(37)15-35(16-30)25-11-10-20(13-24(25)33)39-14-21-27(34-40-28(21)17-8-9-17)26-22(31)6-3-7-23(26)32/h2-7,10-13,17,37H,8-9,14-16H2,1H3. The number of aliphatic hydroxyl groups is 1. The van der Waals surface area contributed by atoms with Crippen LogP contribution in [0.2, 0.25) is 15.1 Å². The van der Waals surface area contributed by atoms with E-state index in [1.165, 1.54) is 7.11 Å². The predicted octanol–water partition coefficient (Wildman–Crippen LogP) is 7.25. The first kappa shape index (κ1) is 27.0. The summed E-state index contributed by atoms with van der Waals surface area (Å²) in [6, 6.07) is 17.6. The average molecular weight is 600 g/mol. The molecule has 0 spiro atoms. The van der Waals surface area contributed by atoms with Crippen LogP contribution in [0.3, 0.4) is 0 Å². The minimum atomic E-state index is -1.10. The number of methoxy groups -OCH3 is 1. The molecule has 1 saturated heterocycles. The van der Waals surface area contributed by atoms with E-state index in [1.54, 1.807) is 48.5 Å². The molecule has 206 valence electrons. The molecule has 0 unspecified atom stereocenters. The number of carbonyl (C=O) groups excluding carboxylic acids is 1. The van der Waals surface area contributed by atoms with Gasteiger partial charge in [0.15, 0.2) is 0 Å². The number of carbonyl (C=O) groups is 1. The number of benzene rings is 3. The summed E-state index contributed by atoms with van der Waals surface area (Å²) >= 11 is 19.6. The van der Waals surface area contributed by atoms with E-state index in [0.29, 0.717) is 62.2 Å². The monoisotopic (exact) mass is 598 g/mol. The Bertz CT molecular complexity index is 1570. The topological polar surface area (TPSA) is 85.0 Å². The molecule has 2 aliphatic rings. The third kappa shape index (κ3) is 5.03. The predicted molar refractivity (Wildman–Crippen MR) is 154 cm³/mol. The Morgan fingerprint density at radius 1 is 1.05 bits per heavy atom. The third-order valence-corrected chi connectivity index (χ3v) is 8.27. The minimum Gasteiger partial charge on any atom is -0.489 e. The van der Waals surface area contributed by atoms with Gasteiger partial charge in [-0.15, -0.1) is 0 Å². The fourth-order valence-corrected chi connectivity index (χ4v) is 5.90. The second kappa shape index (κ2) is 10.6. The molecule has 4 aromatic rings. The summed E-state index contributed by atoms with van der Waals surface area (Å²) in [6.45, 7) is 0.859. The Morgan fingerprint density at radius 2 is 1.77 bits per heavy atom. The lowest BCUT2D eigenvalue weighted by Gasteiger charge is -2.48. The summed E-state index contributed by atoms with van der Waals surface area (Å²) < 4.78 is 16.7. The highest BCUT2D eigenvalue weighted by molar-refractivity contribution is 6.39. The van der Waals surface area contributed by atoms with Crippen molar-refractivity contribution in [3.8, 4) is 17.0 Å². The van der Waals surface area contributed by atoms with Crippen LogP contribution in [0.1, 0.15) is 46.0 Å². The van der Waals surface area contributed by atoms with Crippen LogP contribution in [0.25, 0.3) is 11.3 Å². The van der Waals surface area contributed by atoms with Crippen molar-refractivity contribution in [3.63, 3.8) is 0 Å². The third-order valence-electron chi connectivity index (χ3n) is 7.34. The zero-order valence-corrected chi connectivity index (χ0v) is 23.8. The van der Waals surface area contributed by atoms with Gasteiger partial charge in [-0.3, -0.25) is 0 Å². The van der Waals surface area contributed by atoms with Crippen LogP contribution in [-0.4, -0.2) is 36.4 Å². The maximum atomic E-state index is 11.9. The van der Waals surface area contributed by atoms with Crippen LogP contribution in [0.4, 0.5) is 5.69 Å². The van der Waals surface area contributed by atoms with E-state index in [-0.39, 0.29) is 6.61 Å². The highest BCUT2D eigenvalue weighted by Crippen LogP contribution is 2.46. The van der Waals surface area contributed by atoms with Crippen molar-refractivity contribution in [1.82, 2.24) is 5.16 Å². The van der Waals surface area contributed by atoms with Crippen LogP contribution in [0.15, 0.2) is 65.2 Å². The van der Waals surface area contributed by atoms with Gasteiger partial charge in [-0.1, -0.05) is 58.2 Å². The van der Waals surface area contributed by atoms with Gasteiger partial charge in [0, 0.05) is 17.5 Å². The number of hydrogen-bond donors (Lipinski definition) is 1. The zero-order chi connectivity index (χ0) is 28.0. The lowest BCUT2D eigenvalue weighted by Crippen LogP contribution is -2.59. The van der Waals surface area contributed by atoms with Gasteiger partial charge in [0.25, 0.3) is 0 Å². The molecule has 3 aromatic carbocycles. The largest absolute Gasteiger partial charge is 0.489 e. The first-order chi connectivity index (χ1) is 19.3. The molecule has 1 aliphatic carbocycles. The number of rotatable bonds is 8. The second-order valence-electron chi connectivity index (χ2n) is 10.1. The molecule has 0 radical (unpaired) electrons. The molecule has 2 heterocycles. The van der Waals surface area contributed by atoms with Gasteiger partial charge < -0.3 is 24.0 Å². The fourth-order valence-electron chi connectivity index (χ4n) is 5.03. The lowest BCUT2D eigenvalue weighted by atomic mass is 9.85. The van der Waals surface area contributed by atoms with E-state index < -0.39 is 11.6 Å². The molecule has 6 rings (SSSR count). The number of nitrogens with zero attached hydrogens (tertiary/aromatic N) is 2. The molecular weight excluding hydrogens is 575 g/mol. The number of ether oxygens (including phenoxy) is 2. The fraction of sp³-hybridized carbons (Fsp3) is 0.267. The van der Waals surface area contributed by atoms with Crippen molar-refractivity contribution in [2.45, 2.75) is 31.0 Å². The Labute approximate surface area is 246 Å². The molecule has 0 atom stereocenters. The van der Waals surface area contributed by atoms with Gasteiger partial charge in [-0.25, -0.2) is 4.79 Å². The van der Waals surface area contributed by atoms with E-state index >= 15 is 0 Å². The van der Waals surface area contributed by atoms with Crippen LogP contribution in [-0.2, 0) is 16.9 Å². The SMILES string of the molecule is COC(=O)c1cccc(C2(O)CN(c3ccc(OCc4c(-c5c(Cl)cccc5Cl)noc4C4CC4)cc3Cl)C2)c1. The molecule has 40 heavy (non-hydrogen) atoms. The summed E-state index contributed by atoms with van der Waals surface area (Å²) in [4.78, 5) is 13.9. The molecular formula is C30H25Cl3N2O5. The normalized spacial score (nSPS) is 16.0. The van der Waals surface area contributed by atoms with Gasteiger partial charge in [0.05, 0.1) is 52.1 Å². The van der Waals surface area contributed by atoms with E-state index in [2.05, 4.69) is 5.16 Å². The summed E-state index contributed by atoms with van der Waals surface area (Å²) in [7, 11) is 1.33. The van der Waals surface area contributed by atoms with E-state index in [9.17, 15) is 9.90 Å². The molecule has 1 saturated carbocycles. The van der Waals surface area contributed by atoms with Crippen LogP contribution in [0.5, 0.6) is 5.75 Å². The smallest absolute Gasteiger partial charge is 0.337 e. The highest BCUT2D eigenvalue weighted by Gasteiger charge is 2.43. The number of halogens is 3. The molecule has 2 fully saturated rings. The van der Waals surface area contributed by atoms with Gasteiger partial charge in [-0.05, 0) is 54.8 Å². The van der Waals surface area contributed by atoms with E-state index in [1.807, 2.05) is 17.0 Å². The van der Waals surface area contributed by atoms with Gasteiger partial charge in [0.1, 0.15) is 29.4 Å². The van der Waals surface area contributed by atoms with Crippen molar-refractivity contribution >= 4 is 46.5 Å².